The van der Waals surface area contributed by atoms with Crippen LogP contribution in [0.15, 0.2) is 34.8 Å². The van der Waals surface area contributed by atoms with Crippen LogP contribution < -0.4 is 4.90 Å². The summed E-state index contributed by atoms with van der Waals surface area (Å²) in [5.74, 6) is 0.508. The Morgan fingerprint density at radius 3 is 2.87 bits per heavy atom. The molecule has 2 fully saturated rings. The number of anilines is 1. The maximum absolute atomic E-state index is 13.2. The van der Waals surface area contributed by atoms with E-state index >= 15 is 0 Å². The highest BCUT2D eigenvalue weighted by atomic mass is 32.2. The summed E-state index contributed by atoms with van der Waals surface area (Å²) < 4.78 is 28.7. The van der Waals surface area contributed by atoms with Gasteiger partial charge in [0, 0.05) is 54.3 Å². The molecule has 8 heteroatoms. The van der Waals surface area contributed by atoms with Crippen molar-refractivity contribution in [1.29, 1.82) is 0 Å². The molecule has 0 N–H and O–H groups in total. The average molecular weight is 427 g/mol. The molecule has 1 aliphatic carbocycles. The van der Waals surface area contributed by atoms with Crippen LogP contribution in [0, 0.1) is 0 Å². The van der Waals surface area contributed by atoms with Gasteiger partial charge in [-0.05, 0) is 19.1 Å². The molecule has 2 aromatic rings. The van der Waals surface area contributed by atoms with Gasteiger partial charge in [0.25, 0.3) is 0 Å². The van der Waals surface area contributed by atoms with E-state index in [4.69, 9.17) is 14.5 Å². The zero-order valence-electron chi connectivity index (χ0n) is 17.3. The van der Waals surface area contributed by atoms with Crippen LogP contribution in [-0.2, 0) is 25.6 Å². The molecule has 30 heavy (non-hydrogen) atoms. The van der Waals surface area contributed by atoms with Crippen LogP contribution >= 0.6 is 0 Å². The van der Waals surface area contributed by atoms with E-state index in [1.54, 1.807) is 6.26 Å². The van der Waals surface area contributed by atoms with Crippen LogP contribution in [0.2, 0.25) is 0 Å². The van der Waals surface area contributed by atoms with Gasteiger partial charge in [-0.2, -0.15) is 4.36 Å². The summed E-state index contributed by atoms with van der Waals surface area (Å²) in [5, 5.41) is -0.0400. The van der Waals surface area contributed by atoms with Crippen LogP contribution in [0.3, 0.4) is 0 Å². The van der Waals surface area contributed by atoms with Gasteiger partial charge in [0.05, 0.1) is 52.8 Å². The normalized spacial score (nSPS) is 23.0. The van der Waals surface area contributed by atoms with Crippen molar-refractivity contribution in [3.63, 3.8) is 0 Å². The topological polar surface area (TPSA) is 76.9 Å². The summed E-state index contributed by atoms with van der Waals surface area (Å²) >= 11 is 0. The fourth-order valence-corrected chi connectivity index (χ4v) is 5.38. The third kappa shape index (κ3) is 3.64. The van der Waals surface area contributed by atoms with Crippen molar-refractivity contribution in [1.82, 2.24) is 9.97 Å². The van der Waals surface area contributed by atoms with Crippen molar-refractivity contribution in [2.24, 2.45) is 4.36 Å². The lowest BCUT2D eigenvalue weighted by molar-refractivity contribution is 0.0431. The first-order chi connectivity index (χ1) is 14.5. The Balaban J connectivity index is 1.64. The van der Waals surface area contributed by atoms with Gasteiger partial charge in [0.15, 0.2) is 5.82 Å². The lowest BCUT2D eigenvalue weighted by Gasteiger charge is -2.35. The van der Waals surface area contributed by atoms with E-state index in [0.29, 0.717) is 32.2 Å². The molecule has 0 aromatic carbocycles. The number of ether oxygens (including phenoxy) is 2. The van der Waals surface area contributed by atoms with Crippen molar-refractivity contribution in [3.8, 4) is 11.3 Å². The van der Waals surface area contributed by atoms with E-state index < -0.39 is 9.73 Å². The summed E-state index contributed by atoms with van der Waals surface area (Å²) in [5.41, 5.74) is 5.05. The average Bonchev–Trinajstić information content (AvgIpc) is 3.14. The van der Waals surface area contributed by atoms with Crippen LogP contribution in [0.5, 0.6) is 0 Å². The Kier molecular flexibility index (Phi) is 5.08. The second kappa shape index (κ2) is 7.76. The van der Waals surface area contributed by atoms with Gasteiger partial charge in [0.1, 0.15) is 0 Å². The molecule has 2 saturated heterocycles. The highest BCUT2D eigenvalue weighted by Gasteiger charge is 2.28. The van der Waals surface area contributed by atoms with Gasteiger partial charge in [-0.1, -0.05) is 12.2 Å². The van der Waals surface area contributed by atoms with Crippen molar-refractivity contribution in [2.45, 2.75) is 24.6 Å². The molecule has 0 spiro atoms. The van der Waals surface area contributed by atoms with Crippen molar-refractivity contribution < 1.29 is 13.7 Å². The molecule has 0 saturated carbocycles. The third-order valence-corrected chi connectivity index (χ3v) is 8.00. The SMILES string of the molecule is C[C@@H]1COCCN1c1cc(N=S(C)(=O)C2COC2)nc(-c2ccnc3c2C=CC3)c1. The monoisotopic (exact) mass is 426 g/mol. The number of hydrogen-bond donors (Lipinski definition) is 0. The molecule has 2 aromatic heterocycles. The molecule has 0 radical (unpaired) electrons. The molecule has 1 unspecified atom stereocenters. The molecule has 2 atom stereocenters. The summed E-state index contributed by atoms with van der Waals surface area (Å²) in [6.07, 6.45) is 8.60. The zero-order chi connectivity index (χ0) is 20.7. The molecule has 0 bridgehead atoms. The predicted molar refractivity (Wildman–Crippen MR) is 119 cm³/mol. The molecular weight excluding hydrogens is 400 g/mol. The number of nitrogens with zero attached hydrogens (tertiary/aromatic N) is 4. The van der Waals surface area contributed by atoms with E-state index in [1.165, 1.54) is 0 Å². The second-order valence-corrected chi connectivity index (χ2v) is 10.7. The van der Waals surface area contributed by atoms with E-state index in [2.05, 4.69) is 39.4 Å². The van der Waals surface area contributed by atoms with E-state index in [-0.39, 0.29) is 11.3 Å². The highest BCUT2D eigenvalue weighted by molar-refractivity contribution is 7.93. The van der Waals surface area contributed by atoms with Crippen LogP contribution in [0.4, 0.5) is 11.5 Å². The minimum atomic E-state index is -2.43. The quantitative estimate of drug-likeness (QED) is 0.748. The van der Waals surface area contributed by atoms with E-state index in [0.717, 1.165) is 41.2 Å². The van der Waals surface area contributed by atoms with Gasteiger partial charge in [-0.25, -0.2) is 9.19 Å². The van der Waals surface area contributed by atoms with Gasteiger partial charge in [-0.15, -0.1) is 0 Å². The van der Waals surface area contributed by atoms with Gasteiger partial charge in [0.2, 0.25) is 0 Å². The molecule has 2 aliphatic heterocycles. The molecule has 3 aliphatic rings. The molecule has 0 amide bonds. The Morgan fingerprint density at radius 1 is 1.23 bits per heavy atom. The predicted octanol–water partition coefficient (Wildman–Crippen LogP) is 3.07. The first-order valence-electron chi connectivity index (χ1n) is 10.3. The van der Waals surface area contributed by atoms with E-state index in [1.807, 2.05) is 18.3 Å². The number of rotatable bonds is 4. The minimum absolute atomic E-state index is 0.0400. The Labute approximate surface area is 177 Å². The number of allylic oxidation sites excluding steroid dienone is 1. The number of fused-ring (bicyclic) bond motifs is 1. The standard InChI is InChI=1S/C22H26N4O3S/c1-15-12-28-9-8-26(15)16-10-21(19-6-7-23-20-5-3-4-18(19)20)24-22(11-16)25-30(2,27)17-13-29-14-17/h3-4,6-7,10-11,15,17H,5,8-9,12-14H2,1-2H3/t15-,30?/m1/s1. The molecule has 4 heterocycles. The van der Waals surface area contributed by atoms with E-state index in [9.17, 15) is 4.21 Å². The second-order valence-electron chi connectivity index (χ2n) is 8.12. The van der Waals surface area contributed by atoms with Crippen molar-refractivity contribution in [2.75, 3.05) is 44.1 Å². The first kappa shape index (κ1) is 19.7. The number of morpholine rings is 1. The van der Waals surface area contributed by atoms with Gasteiger partial charge in [-0.3, -0.25) is 4.98 Å². The Bertz CT molecular complexity index is 1120. The molecular formula is C22H26N4O3S. The third-order valence-electron chi connectivity index (χ3n) is 5.94. The summed E-state index contributed by atoms with van der Waals surface area (Å²) in [6, 6.07) is 6.30. The number of aromatic nitrogens is 2. The number of hydrogen-bond acceptors (Lipinski definition) is 7. The van der Waals surface area contributed by atoms with Crippen molar-refractivity contribution in [3.05, 3.63) is 41.7 Å². The number of pyridine rings is 2. The molecule has 158 valence electrons. The van der Waals surface area contributed by atoms with Gasteiger partial charge >= 0.3 is 0 Å². The van der Waals surface area contributed by atoms with Crippen LogP contribution in [0.25, 0.3) is 17.3 Å². The molecule has 7 nitrogen and oxygen atoms in total. The lowest BCUT2D eigenvalue weighted by atomic mass is 10.0. The van der Waals surface area contributed by atoms with Crippen LogP contribution in [-0.4, -0.2) is 64.7 Å². The summed E-state index contributed by atoms with van der Waals surface area (Å²) in [4.78, 5) is 11.6. The lowest BCUT2D eigenvalue weighted by Crippen LogP contribution is -2.43. The first-order valence-corrected chi connectivity index (χ1v) is 12.3. The maximum atomic E-state index is 13.2. The smallest absolute Gasteiger partial charge is 0.164 e. The van der Waals surface area contributed by atoms with Gasteiger partial charge < -0.3 is 14.4 Å². The fourth-order valence-electron chi connectivity index (χ4n) is 4.07. The molecule has 5 rings (SSSR count). The Hall–Kier alpha value is -2.29. The Morgan fingerprint density at radius 2 is 2.10 bits per heavy atom. The zero-order valence-corrected chi connectivity index (χ0v) is 18.1. The van der Waals surface area contributed by atoms with Crippen molar-refractivity contribution >= 4 is 27.3 Å². The van der Waals surface area contributed by atoms with Crippen LogP contribution in [0.1, 0.15) is 18.2 Å². The largest absolute Gasteiger partial charge is 0.379 e. The highest BCUT2D eigenvalue weighted by Crippen LogP contribution is 2.34. The summed E-state index contributed by atoms with van der Waals surface area (Å²) in [7, 11) is -2.43. The minimum Gasteiger partial charge on any atom is -0.379 e. The summed E-state index contributed by atoms with van der Waals surface area (Å²) in [6.45, 7) is 5.31. The fraction of sp³-hybridized carbons (Fsp3) is 0.455. The maximum Gasteiger partial charge on any atom is 0.164 e.